The molecule has 0 aromatic carbocycles. The van der Waals surface area contributed by atoms with Crippen LogP contribution in [0.4, 0.5) is 11.8 Å². The van der Waals surface area contributed by atoms with Crippen LogP contribution in [-0.2, 0) is 0 Å². The minimum atomic E-state index is -0.0834. The van der Waals surface area contributed by atoms with Crippen molar-refractivity contribution >= 4 is 11.8 Å². The van der Waals surface area contributed by atoms with E-state index in [1.165, 1.54) is 0 Å². The fourth-order valence-electron chi connectivity index (χ4n) is 1.64. The van der Waals surface area contributed by atoms with Crippen molar-refractivity contribution in [3.63, 3.8) is 0 Å². The Morgan fingerprint density at radius 1 is 1.33 bits per heavy atom. The second kappa shape index (κ2) is 4.99. The molecule has 0 fully saturated rings. The predicted octanol–water partition coefficient (Wildman–Crippen LogP) is 1.62. The number of aryl methyl sites for hydroxylation is 2. The summed E-state index contributed by atoms with van der Waals surface area (Å²) in [5.41, 5.74) is 6.41. The molecule has 7 nitrogen and oxygen atoms in total. The molecule has 2 aromatic rings. The van der Waals surface area contributed by atoms with Crippen LogP contribution >= 0.6 is 0 Å². The van der Waals surface area contributed by atoms with Crippen molar-refractivity contribution < 1.29 is 4.52 Å². The first kappa shape index (κ1) is 12.3. The summed E-state index contributed by atoms with van der Waals surface area (Å²) in [6.45, 7) is 5.67. The fraction of sp³-hybridized carbons (Fsp3) is 0.455. The number of nitrogens with two attached hydrogens (primary N) is 1. The Hall–Kier alpha value is -2.18. The van der Waals surface area contributed by atoms with Crippen LogP contribution < -0.4 is 11.1 Å². The van der Waals surface area contributed by atoms with Gasteiger partial charge in [0.15, 0.2) is 5.82 Å². The van der Waals surface area contributed by atoms with Crippen molar-refractivity contribution in [2.75, 3.05) is 11.1 Å². The lowest BCUT2D eigenvalue weighted by atomic mass is 10.2. The molecule has 2 aromatic heterocycles. The van der Waals surface area contributed by atoms with Crippen molar-refractivity contribution in [2.24, 2.45) is 0 Å². The molecule has 0 aliphatic rings. The number of rotatable bonds is 4. The first-order valence-corrected chi connectivity index (χ1v) is 5.76. The molecule has 0 spiro atoms. The third-order valence-corrected chi connectivity index (χ3v) is 2.44. The summed E-state index contributed by atoms with van der Waals surface area (Å²) in [5.74, 6) is 2.06. The standard InChI is InChI=1S/C11H16N6O/c1-4-8(10-14-7(3)17-18-10)15-9-5-6(2)13-11(12)16-9/h5,8H,4H2,1-3H3,(H3,12,13,15,16). The highest BCUT2D eigenvalue weighted by Gasteiger charge is 2.16. The third-order valence-electron chi connectivity index (χ3n) is 2.44. The van der Waals surface area contributed by atoms with Gasteiger partial charge in [0, 0.05) is 11.8 Å². The van der Waals surface area contributed by atoms with Gasteiger partial charge in [0.1, 0.15) is 11.9 Å². The Kier molecular flexibility index (Phi) is 3.40. The van der Waals surface area contributed by atoms with E-state index >= 15 is 0 Å². The highest BCUT2D eigenvalue weighted by atomic mass is 16.5. The molecular formula is C11H16N6O. The van der Waals surface area contributed by atoms with Crippen molar-refractivity contribution in [2.45, 2.75) is 33.2 Å². The molecule has 0 saturated carbocycles. The molecule has 0 aliphatic carbocycles. The van der Waals surface area contributed by atoms with Crippen molar-refractivity contribution in [3.8, 4) is 0 Å². The summed E-state index contributed by atoms with van der Waals surface area (Å²) in [6.07, 6.45) is 0.796. The maximum absolute atomic E-state index is 5.61. The Morgan fingerprint density at radius 2 is 2.11 bits per heavy atom. The molecule has 1 atom stereocenters. The Bertz CT molecular complexity index is 518. The normalized spacial score (nSPS) is 12.4. The predicted molar refractivity (Wildman–Crippen MR) is 66.9 cm³/mol. The zero-order chi connectivity index (χ0) is 13.1. The van der Waals surface area contributed by atoms with Crippen LogP contribution in [0.5, 0.6) is 0 Å². The van der Waals surface area contributed by atoms with Crippen molar-refractivity contribution in [1.82, 2.24) is 20.1 Å². The van der Waals surface area contributed by atoms with Gasteiger partial charge in [0.2, 0.25) is 11.8 Å². The number of hydrogen-bond acceptors (Lipinski definition) is 7. The van der Waals surface area contributed by atoms with Crippen molar-refractivity contribution in [1.29, 1.82) is 0 Å². The summed E-state index contributed by atoms with van der Waals surface area (Å²) in [4.78, 5) is 12.3. The maximum Gasteiger partial charge on any atom is 0.249 e. The number of aromatic nitrogens is 4. The third kappa shape index (κ3) is 2.73. The van der Waals surface area contributed by atoms with Crippen LogP contribution in [0, 0.1) is 13.8 Å². The summed E-state index contributed by atoms with van der Waals surface area (Å²) >= 11 is 0. The van der Waals surface area contributed by atoms with Gasteiger partial charge >= 0.3 is 0 Å². The average Bonchev–Trinajstić information content (AvgIpc) is 2.71. The van der Waals surface area contributed by atoms with Crippen LogP contribution in [0.2, 0.25) is 0 Å². The van der Waals surface area contributed by atoms with Gasteiger partial charge in [-0.3, -0.25) is 0 Å². The Labute approximate surface area is 105 Å². The van der Waals surface area contributed by atoms with Gasteiger partial charge in [-0.2, -0.15) is 9.97 Å². The van der Waals surface area contributed by atoms with Gasteiger partial charge < -0.3 is 15.6 Å². The molecule has 1 unspecified atom stereocenters. The molecule has 0 aliphatic heterocycles. The van der Waals surface area contributed by atoms with Gasteiger partial charge in [-0.25, -0.2) is 4.98 Å². The van der Waals surface area contributed by atoms with Gasteiger partial charge in [-0.1, -0.05) is 12.1 Å². The minimum Gasteiger partial charge on any atom is -0.368 e. The first-order valence-electron chi connectivity index (χ1n) is 5.76. The molecule has 2 rings (SSSR count). The van der Waals surface area contributed by atoms with Gasteiger partial charge in [0.25, 0.3) is 0 Å². The topological polar surface area (TPSA) is 103 Å². The van der Waals surface area contributed by atoms with E-state index < -0.39 is 0 Å². The zero-order valence-corrected chi connectivity index (χ0v) is 10.6. The Balaban J connectivity index is 2.20. The van der Waals surface area contributed by atoms with E-state index in [0.29, 0.717) is 17.5 Å². The molecule has 3 N–H and O–H groups in total. The summed E-state index contributed by atoms with van der Waals surface area (Å²) < 4.78 is 5.15. The highest BCUT2D eigenvalue weighted by Crippen LogP contribution is 2.20. The van der Waals surface area contributed by atoms with E-state index in [1.54, 1.807) is 6.92 Å². The van der Waals surface area contributed by atoms with Crippen LogP contribution in [0.3, 0.4) is 0 Å². The van der Waals surface area contributed by atoms with Crippen LogP contribution in [0.15, 0.2) is 10.6 Å². The summed E-state index contributed by atoms with van der Waals surface area (Å²) in [5, 5.41) is 6.99. The SMILES string of the molecule is CCC(Nc1cc(C)nc(N)n1)c1nc(C)no1. The molecule has 0 amide bonds. The number of nitrogens with one attached hydrogen (secondary N) is 1. The van der Waals surface area contributed by atoms with E-state index in [2.05, 4.69) is 25.4 Å². The lowest BCUT2D eigenvalue weighted by molar-refractivity contribution is 0.356. The number of nitrogens with zero attached hydrogens (tertiary/aromatic N) is 4. The van der Waals surface area contributed by atoms with E-state index in [9.17, 15) is 0 Å². The molecule has 2 heterocycles. The maximum atomic E-state index is 5.61. The molecule has 96 valence electrons. The van der Waals surface area contributed by atoms with Crippen LogP contribution in [0.1, 0.15) is 36.8 Å². The number of anilines is 2. The quantitative estimate of drug-likeness (QED) is 0.847. The first-order chi connectivity index (χ1) is 8.58. The number of nitrogen functional groups attached to an aromatic ring is 1. The molecule has 0 saturated heterocycles. The van der Waals surface area contributed by atoms with Gasteiger partial charge in [-0.15, -0.1) is 0 Å². The van der Waals surface area contributed by atoms with Gasteiger partial charge in [-0.05, 0) is 20.3 Å². The lowest BCUT2D eigenvalue weighted by Crippen LogP contribution is -2.12. The average molecular weight is 248 g/mol. The van der Waals surface area contributed by atoms with E-state index in [1.807, 2.05) is 19.9 Å². The van der Waals surface area contributed by atoms with Crippen LogP contribution in [0.25, 0.3) is 0 Å². The molecule has 18 heavy (non-hydrogen) atoms. The smallest absolute Gasteiger partial charge is 0.249 e. The van der Waals surface area contributed by atoms with Gasteiger partial charge in [0.05, 0.1) is 0 Å². The summed E-state index contributed by atoms with van der Waals surface area (Å²) in [6, 6.07) is 1.74. The largest absolute Gasteiger partial charge is 0.368 e. The van der Waals surface area contributed by atoms with Crippen molar-refractivity contribution in [3.05, 3.63) is 23.5 Å². The highest BCUT2D eigenvalue weighted by molar-refractivity contribution is 5.41. The molecule has 0 bridgehead atoms. The Morgan fingerprint density at radius 3 is 2.67 bits per heavy atom. The zero-order valence-electron chi connectivity index (χ0n) is 10.6. The monoisotopic (exact) mass is 248 g/mol. The van der Waals surface area contributed by atoms with Crippen LogP contribution in [-0.4, -0.2) is 20.1 Å². The van der Waals surface area contributed by atoms with E-state index in [-0.39, 0.29) is 12.0 Å². The number of hydrogen-bond donors (Lipinski definition) is 2. The second-order valence-electron chi connectivity index (χ2n) is 4.04. The fourth-order valence-corrected chi connectivity index (χ4v) is 1.64. The van der Waals surface area contributed by atoms with E-state index in [4.69, 9.17) is 10.3 Å². The second-order valence-corrected chi connectivity index (χ2v) is 4.04. The summed E-state index contributed by atoms with van der Waals surface area (Å²) in [7, 11) is 0. The lowest BCUT2D eigenvalue weighted by Gasteiger charge is -2.13. The van der Waals surface area contributed by atoms with E-state index in [0.717, 1.165) is 12.1 Å². The minimum absolute atomic E-state index is 0.0834. The molecular weight excluding hydrogens is 232 g/mol. The molecule has 7 heteroatoms. The molecule has 0 radical (unpaired) electrons.